The fraction of sp³-hybridized carbons (Fsp3) is 0.714. The van der Waals surface area contributed by atoms with Gasteiger partial charge in [0.25, 0.3) is 5.91 Å². The summed E-state index contributed by atoms with van der Waals surface area (Å²) in [6, 6.07) is 0.208. The van der Waals surface area contributed by atoms with Crippen LogP contribution in [-0.2, 0) is 7.05 Å². The molecule has 0 spiro atoms. The van der Waals surface area contributed by atoms with Gasteiger partial charge in [-0.25, -0.2) is 4.98 Å². The summed E-state index contributed by atoms with van der Waals surface area (Å²) >= 11 is 0. The van der Waals surface area contributed by atoms with E-state index in [0.717, 1.165) is 38.6 Å². The number of aliphatic hydroxyl groups is 1. The van der Waals surface area contributed by atoms with Crippen molar-refractivity contribution in [2.24, 2.45) is 13.0 Å². The molecule has 3 unspecified atom stereocenters. The zero-order valence-electron chi connectivity index (χ0n) is 11.3. The molecule has 1 N–H and O–H groups in total. The van der Waals surface area contributed by atoms with Crippen LogP contribution in [0.3, 0.4) is 0 Å². The average Bonchev–Trinajstić information content (AvgIpc) is 3.07. The van der Waals surface area contributed by atoms with E-state index in [1.54, 1.807) is 17.1 Å². The SMILES string of the molecule is Cn1cncc1C(=O)N1CCCC1C1CCCC1O. The maximum Gasteiger partial charge on any atom is 0.272 e. The third-order valence-electron chi connectivity index (χ3n) is 4.62. The monoisotopic (exact) mass is 263 g/mol. The summed E-state index contributed by atoms with van der Waals surface area (Å²) in [4.78, 5) is 18.6. The Morgan fingerprint density at radius 3 is 2.84 bits per heavy atom. The van der Waals surface area contributed by atoms with E-state index in [1.165, 1.54) is 0 Å². The Morgan fingerprint density at radius 2 is 2.21 bits per heavy atom. The van der Waals surface area contributed by atoms with E-state index in [9.17, 15) is 9.90 Å². The Morgan fingerprint density at radius 1 is 1.37 bits per heavy atom. The number of aryl methyl sites for hydroxylation is 1. The molecule has 0 bridgehead atoms. The van der Waals surface area contributed by atoms with Crippen LogP contribution in [0.1, 0.15) is 42.6 Å². The maximum atomic E-state index is 12.6. The molecule has 3 rings (SSSR count). The summed E-state index contributed by atoms with van der Waals surface area (Å²) in [6.45, 7) is 0.803. The summed E-state index contributed by atoms with van der Waals surface area (Å²) in [5.41, 5.74) is 0.638. The highest BCUT2D eigenvalue weighted by atomic mass is 16.3. The fourth-order valence-corrected chi connectivity index (χ4v) is 3.62. The normalized spacial score (nSPS) is 31.1. The molecule has 19 heavy (non-hydrogen) atoms. The minimum absolute atomic E-state index is 0.0570. The van der Waals surface area contributed by atoms with E-state index >= 15 is 0 Å². The lowest BCUT2D eigenvalue weighted by atomic mass is 9.94. The van der Waals surface area contributed by atoms with E-state index in [2.05, 4.69) is 4.98 Å². The molecule has 1 amide bonds. The maximum absolute atomic E-state index is 12.6. The first-order valence-electron chi connectivity index (χ1n) is 7.14. The molecule has 1 aliphatic carbocycles. The van der Waals surface area contributed by atoms with Gasteiger partial charge < -0.3 is 14.6 Å². The Bertz CT molecular complexity index is 471. The second kappa shape index (κ2) is 4.96. The highest BCUT2D eigenvalue weighted by Gasteiger charge is 2.40. The zero-order valence-corrected chi connectivity index (χ0v) is 11.3. The quantitative estimate of drug-likeness (QED) is 0.872. The molecule has 3 atom stereocenters. The molecule has 104 valence electrons. The fourth-order valence-electron chi connectivity index (χ4n) is 3.62. The van der Waals surface area contributed by atoms with Crippen molar-refractivity contribution >= 4 is 5.91 Å². The third-order valence-corrected chi connectivity index (χ3v) is 4.62. The number of aliphatic hydroxyl groups excluding tert-OH is 1. The van der Waals surface area contributed by atoms with Crippen LogP contribution in [-0.4, -0.2) is 44.2 Å². The molecule has 0 radical (unpaired) electrons. The number of carbonyl (C=O) groups is 1. The number of hydrogen-bond donors (Lipinski definition) is 1. The predicted molar refractivity (Wildman–Crippen MR) is 70.6 cm³/mol. The van der Waals surface area contributed by atoms with Gasteiger partial charge >= 0.3 is 0 Å². The van der Waals surface area contributed by atoms with Gasteiger partial charge in [0, 0.05) is 25.6 Å². The van der Waals surface area contributed by atoms with Crippen molar-refractivity contribution in [3.8, 4) is 0 Å². The molecule has 2 aliphatic rings. The second-order valence-corrected chi connectivity index (χ2v) is 5.76. The van der Waals surface area contributed by atoms with Crippen molar-refractivity contribution in [1.82, 2.24) is 14.5 Å². The van der Waals surface area contributed by atoms with Crippen LogP contribution in [0.2, 0.25) is 0 Å². The van der Waals surface area contributed by atoms with Crippen molar-refractivity contribution in [2.45, 2.75) is 44.2 Å². The molecule has 2 heterocycles. The third kappa shape index (κ3) is 2.16. The number of likely N-dealkylation sites (tertiary alicyclic amines) is 1. The van der Waals surface area contributed by atoms with Gasteiger partial charge in [-0.1, -0.05) is 6.42 Å². The first kappa shape index (κ1) is 12.7. The minimum atomic E-state index is -0.232. The van der Waals surface area contributed by atoms with Gasteiger partial charge in [0.15, 0.2) is 0 Å². The smallest absolute Gasteiger partial charge is 0.272 e. The van der Waals surface area contributed by atoms with Gasteiger partial charge in [-0.3, -0.25) is 4.79 Å². The van der Waals surface area contributed by atoms with Crippen LogP contribution in [0.25, 0.3) is 0 Å². The Kier molecular flexibility index (Phi) is 3.31. The lowest BCUT2D eigenvalue weighted by Crippen LogP contribution is -2.43. The van der Waals surface area contributed by atoms with Gasteiger partial charge in [0.05, 0.1) is 18.6 Å². The molecular weight excluding hydrogens is 242 g/mol. The molecular formula is C14H21N3O2. The van der Waals surface area contributed by atoms with Crippen molar-refractivity contribution in [2.75, 3.05) is 6.54 Å². The molecule has 1 saturated carbocycles. The van der Waals surface area contributed by atoms with Crippen LogP contribution < -0.4 is 0 Å². The summed E-state index contributed by atoms with van der Waals surface area (Å²) in [7, 11) is 1.84. The minimum Gasteiger partial charge on any atom is -0.393 e. The number of rotatable bonds is 2. The van der Waals surface area contributed by atoms with Gasteiger partial charge in [-0.05, 0) is 25.7 Å². The lowest BCUT2D eigenvalue weighted by molar-refractivity contribution is 0.0520. The first-order chi connectivity index (χ1) is 9.18. The highest BCUT2D eigenvalue weighted by molar-refractivity contribution is 5.92. The van der Waals surface area contributed by atoms with Crippen LogP contribution in [0.4, 0.5) is 0 Å². The van der Waals surface area contributed by atoms with Crippen molar-refractivity contribution < 1.29 is 9.90 Å². The lowest BCUT2D eigenvalue weighted by Gasteiger charge is -2.31. The van der Waals surface area contributed by atoms with Gasteiger partial charge in [-0.15, -0.1) is 0 Å². The van der Waals surface area contributed by atoms with Gasteiger partial charge in [0.1, 0.15) is 5.69 Å². The van der Waals surface area contributed by atoms with Crippen LogP contribution in [0.15, 0.2) is 12.5 Å². The Labute approximate surface area is 113 Å². The van der Waals surface area contributed by atoms with E-state index < -0.39 is 0 Å². The number of hydrogen-bond acceptors (Lipinski definition) is 3. The standard InChI is InChI=1S/C14H21N3O2/c1-16-9-15-8-12(16)14(19)17-7-3-5-11(17)10-4-2-6-13(10)18/h8-11,13,18H,2-7H2,1H3. The molecule has 1 aliphatic heterocycles. The van der Waals surface area contributed by atoms with Crippen molar-refractivity contribution in [3.05, 3.63) is 18.2 Å². The molecule has 5 nitrogen and oxygen atoms in total. The van der Waals surface area contributed by atoms with Crippen LogP contribution >= 0.6 is 0 Å². The number of nitrogens with zero attached hydrogens (tertiary/aromatic N) is 3. The molecule has 0 aromatic carbocycles. The first-order valence-corrected chi connectivity index (χ1v) is 7.14. The Hall–Kier alpha value is -1.36. The van der Waals surface area contributed by atoms with Crippen LogP contribution in [0, 0.1) is 5.92 Å². The van der Waals surface area contributed by atoms with E-state index in [1.807, 2.05) is 11.9 Å². The number of amides is 1. The number of aromatic nitrogens is 2. The summed E-state index contributed by atoms with van der Waals surface area (Å²) in [6.07, 6.45) is 8.12. The average molecular weight is 263 g/mol. The number of imidazole rings is 1. The largest absolute Gasteiger partial charge is 0.393 e. The predicted octanol–water partition coefficient (Wildman–Crippen LogP) is 1.19. The van der Waals surface area contributed by atoms with Gasteiger partial charge in [0.2, 0.25) is 0 Å². The zero-order chi connectivity index (χ0) is 13.4. The molecule has 1 saturated heterocycles. The van der Waals surface area contributed by atoms with Crippen molar-refractivity contribution in [1.29, 1.82) is 0 Å². The molecule has 1 aromatic rings. The second-order valence-electron chi connectivity index (χ2n) is 5.76. The van der Waals surface area contributed by atoms with Gasteiger partial charge in [-0.2, -0.15) is 0 Å². The number of carbonyl (C=O) groups excluding carboxylic acids is 1. The Balaban J connectivity index is 1.80. The van der Waals surface area contributed by atoms with Crippen molar-refractivity contribution in [3.63, 3.8) is 0 Å². The molecule has 5 heteroatoms. The summed E-state index contributed by atoms with van der Waals surface area (Å²) in [5.74, 6) is 0.321. The highest BCUT2D eigenvalue weighted by Crippen LogP contribution is 2.36. The summed E-state index contributed by atoms with van der Waals surface area (Å²) in [5, 5.41) is 10.1. The van der Waals surface area contributed by atoms with E-state index in [-0.39, 0.29) is 24.0 Å². The van der Waals surface area contributed by atoms with E-state index in [4.69, 9.17) is 0 Å². The molecule has 1 aromatic heterocycles. The molecule has 2 fully saturated rings. The topological polar surface area (TPSA) is 58.4 Å². The van der Waals surface area contributed by atoms with E-state index in [0.29, 0.717) is 5.69 Å². The van der Waals surface area contributed by atoms with Crippen LogP contribution in [0.5, 0.6) is 0 Å². The summed E-state index contributed by atoms with van der Waals surface area (Å²) < 4.78 is 1.77.